The number of thiocarbonyl (C=S) groups is 1. The summed E-state index contributed by atoms with van der Waals surface area (Å²) in [5.41, 5.74) is 1.21. The summed E-state index contributed by atoms with van der Waals surface area (Å²) in [5.74, 6) is -0.412. The van der Waals surface area contributed by atoms with Gasteiger partial charge >= 0.3 is 0 Å². The molecule has 1 aromatic carbocycles. The average molecular weight is 428 g/mol. The zero-order valence-electron chi connectivity index (χ0n) is 16.4. The highest BCUT2D eigenvalue weighted by Crippen LogP contribution is 2.22. The zero-order chi connectivity index (χ0) is 20.6. The van der Waals surface area contributed by atoms with E-state index in [1.165, 1.54) is 12.5 Å². The molecule has 5 nitrogen and oxygen atoms in total. The first-order valence-corrected chi connectivity index (χ1v) is 11.0. The van der Waals surface area contributed by atoms with Crippen LogP contribution in [0.2, 0.25) is 0 Å². The lowest BCUT2D eigenvalue weighted by molar-refractivity contribution is -0.115. The number of nitrogens with zero attached hydrogens (tertiary/aromatic N) is 1. The Morgan fingerprint density at radius 1 is 1.14 bits per heavy atom. The molecule has 152 valence electrons. The molecule has 1 aromatic heterocycles. The van der Waals surface area contributed by atoms with Crippen LogP contribution in [0.3, 0.4) is 0 Å². The van der Waals surface area contributed by atoms with Crippen molar-refractivity contribution < 1.29 is 9.59 Å². The SMILES string of the molecule is CN(C(=S)NC(=O)/C=C/c1cccs1)c1ccccc1C(=O)NC1CCCCC1. The lowest BCUT2D eigenvalue weighted by Crippen LogP contribution is -2.41. The molecular formula is C22H25N3O2S2. The van der Waals surface area contributed by atoms with Crippen molar-refractivity contribution in [2.45, 2.75) is 38.1 Å². The van der Waals surface area contributed by atoms with Gasteiger partial charge in [-0.1, -0.05) is 37.5 Å². The minimum Gasteiger partial charge on any atom is -0.349 e. The fraction of sp³-hybridized carbons (Fsp3) is 0.318. The van der Waals surface area contributed by atoms with Gasteiger partial charge in [0.1, 0.15) is 0 Å². The van der Waals surface area contributed by atoms with Gasteiger partial charge in [-0.2, -0.15) is 0 Å². The molecule has 1 fully saturated rings. The van der Waals surface area contributed by atoms with Crippen LogP contribution >= 0.6 is 23.6 Å². The van der Waals surface area contributed by atoms with Crippen molar-refractivity contribution in [3.05, 3.63) is 58.3 Å². The van der Waals surface area contributed by atoms with Crippen LogP contribution in [0.1, 0.15) is 47.3 Å². The van der Waals surface area contributed by atoms with E-state index in [1.54, 1.807) is 35.4 Å². The minimum absolute atomic E-state index is 0.105. The molecule has 2 aromatic rings. The van der Waals surface area contributed by atoms with Crippen molar-refractivity contribution in [3.8, 4) is 0 Å². The molecule has 2 amide bonds. The maximum absolute atomic E-state index is 12.8. The highest BCUT2D eigenvalue weighted by Gasteiger charge is 2.21. The predicted molar refractivity (Wildman–Crippen MR) is 123 cm³/mol. The summed E-state index contributed by atoms with van der Waals surface area (Å²) in [6, 6.07) is 11.4. The quantitative estimate of drug-likeness (QED) is 0.550. The van der Waals surface area contributed by atoms with E-state index in [1.807, 2.05) is 35.7 Å². The number of thiophene rings is 1. The van der Waals surface area contributed by atoms with Crippen molar-refractivity contribution in [2.24, 2.45) is 0 Å². The van der Waals surface area contributed by atoms with Gasteiger partial charge in [-0.25, -0.2) is 0 Å². The fourth-order valence-corrected chi connectivity index (χ4v) is 4.17. The van der Waals surface area contributed by atoms with Crippen LogP contribution in [-0.4, -0.2) is 30.0 Å². The normalized spacial score (nSPS) is 14.5. The number of hydrogen-bond donors (Lipinski definition) is 2. The van der Waals surface area contributed by atoms with Gasteiger partial charge < -0.3 is 10.2 Å². The summed E-state index contributed by atoms with van der Waals surface area (Å²) in [6.07, 6.45) is 8.79. The number of nitrogens with one attached hydrogen (secondary N) is 2. The molecule has 7 heteroatoms. The van der Waals surface area contributed by atoms with Crippen molar-refractivity contribution in [1.82, 2.24) is 10.6 Å². The molecule has 0 saturated heterocycles. The third-order valence-corrected chi connectivity index (χ3v) is 6.14. The van der Waals surface area contributed by atoms with Crippen LogP contribution in [0.5, 0.6) is 0 Å². The Balaban J connectivity index is 1.65. The van der Waals surface area contributed by atoms with Gasteiger partial charge in [-0.05, 0) is 54.7 Å². The van der Waals surface area contributed by atoms with Crippen LogP contribution in [0.4, 0.5) is 5.69 Å². The molecule has 0 unspecified atom stereocenters. The van der Waals surface area contributed by atoms with Gasteiger partial charge in [-0.15, -0.1) is 11.3 Å². The van der Waals surface area contributed by atoms with E-state index >= 15 is 0 Å². The topological polar surface area (TPSA) is 61.4 Å². The summed E-state index contributed by atoms with van der Waals surface area (Å²) < 4.78 is 0. The van der Waals surface area contributed by atoms with E-state index in [2.05, 4.69) is 10.6 Å². The van der Waals surface area contributed by atoms with Crippen molar-refractivity contribution >= 4 is 52.2 Å². The second kappa shape index (κ2) is 10.3. The van der Waals surface area contributed by atoms with Gasteiger partial charge in [0.2, 0.25) is 5.91 Å². The van der Waals surface area contributed by atoms with Crippen molar-refractivity contribution in [2.75, 3.05) is 11.9 Å². The molecule has 0 atom stereocenters. The van der Waals surface area contributed by atoms with Gasteiger partial charge in [0, 0.05) is 24.0 Å². The average Bonchev–Trinajstić information content (AvgIpc) is 3.26. The maximum atomic E-state index is 12.8. The van der Waals surface area contributed by atoms with Gasteiger partial charge in [-0.3, -0.25) is 14.9 Å². The first kappa shape index (κ1) is 21.2. The number of rotatable bonds is 5. The molecule has 0 spiro atoms. The van der Waals surface area contributed by atoms with Gasteiger partial charge in [0.25, 0.3) is 5.91 Å². The summed E-state index contributed by atoms with van der Waals surface area (Å²) in [7, 11) is 1.75. The monoisotopic (exact) mass is 427 g/mol. The molecule has 0 aliphatic heterocycles. The standard InChI is InChI=1S/C22H25N3O2S2/c1-25(22(28)24-20(26)14-13-17-10-7-15-29-17)19-12-6-5-11-18(19)21(27)23-16-8-3-2-4-9-16/h5-7,10-16H,2-4,8-9H2,1H3,(H,23,27)(H,24,26,28)/b14-13+. The number of carbonyl (C=O) groups excluding carboxylic acids is 2. The first-order valence-electron chi connectivity index (χ1n) is 9.75. The molecule has 1 heterocycles. The third-order valence-electron chi connectivity index (χ3n) is 4.93. The summed E-state index contributed by atoms with van der Waals surface area (Å²) in [6.45, 7) is 0. The molecular weight excluding hydrogens is 402 g/mol. The Kier molecular flexibility index (Phi) is 7.55. The Labute approximate surface area is 180 Å². The van der Waals surface area contributed by atoms with Crippen LogP contribution in [0.15, 0.2) is 47.9 Å². The van der Waals surface area contributed by atoms with Crippen LogP contribution in [0, 0.1) is 0 Å². The molecule has 29 heavy (non-hydrogen) atoms. The molecule has 2 N–H and O–H groups in total. The van der Waals surface area contributed by atoms with Gasteiger partial charge in [0.15, 0.2) is 5.11 Å². The number of anilines is 1. The Hall–Kier alpha value is -2.51. The summed E-state index contributed by atoms with van der Waals surface area (Å²) >= 11 is 6.94. The second-order valence-corrected chi connectivity index (χ2v) is 8.39. The number of para-hydroxylation sites is 1. The molecule has 1 aliphatic rings. The van der Waals surface area contributed by atoms with E-state index in [9.17, 15) is 9.59 Å². The van der Waals surface area contributed by atoms with E-state index in [0.29, 0.717) is 11.3 Å². The third kappa shape index (κ3) is 5.98. The van der Waals surface area contributed by atoms with E-state index in [0.717, 1.165) is 30.6 Å². The Morgan fingerprint density at radius 3 is 2.62 bits per heavy atom. The summed E-state index contributed by atoms with van der Waals surface area (Å²) in [5, 5.41) is 8.02. The summed E-state index contributed by atoms with van der Waals surface area (Å²) in [4.78, 5) is 27.7. The minimum atomic E-state index is -0.306. The number of hydrogen-bond acceptors (Lipinski definition) is 4. The molecule has 3 rings (SSSR count). The molecule has 0 radical (unpaired) electrons. The van der Waals surface area contributed by atoms with E-state index in [4.69, 9.17) is 12.2 Å². The number of benzene rings is 1. The largest absolute Gasteiger partial charge is 0.349 e. The van der Waals surface area contributed by atoms with Crippen LogP contribution in [-0.2, 0) is 4.79 Å². The number of carbonyl (C=O) groups is 2. The van der Waals surface area contributed by atoms with Crippen LogP contribution < -0.4 is 15.5 Å². The smallest absolute Gasteiger partial charge is 0.253 e. The highest BCUT2D eigenvalue weighted by molar-refractivity contribution is 7.80. The van der Waals surface area contributed by atoms with E-state index in [-0.39, 0.29) is 23.0 Å². The molecule has 1 aliphatic carbocycles. The second-order valence-electron chi connectivity index (χ2n) is 7.03. The fourth-order valence-electron chi connectivity index (χ4n) is 3.35. The van der Waals surface area contributed by atoms with Gasteiger partial charge in [0.05, 0.1) is 11.3 Å². The Bertz CT molecular complexity index is 887. The molecule has 0 bridgehead atoms. The maximum Gasteiger partial charge on any atom is 0.253 e. The van der Waals surface area contributed by atoms with Crippen molar-refractivity contribution in [3.63, 3.8) is 0 Å². The lowest BCUT2D eigenvalue weighted by atomic mass is 9.95. The molecule has 1 saturated carbocycles. The van der Waals surface area contributed by atoms with Crippen LogP contribution in [0.25, 0.3) is 6.08 Å². The zero-order valence-corrected chi connectivity index (χ0v) is 18.0. The van der Waals surface area contributed by atoms with E-state index < -0.39 is 0 Å². The lowest BCUT2D eigenvalue weighted by Gasteiger charge is -2.25. The Morgan fingerprint density at radius 2 is 1.90 bits per heavy atom. The first-order chi connectivity index (χ1) is 14.0. The van der Waals surface area contributed by atoms with Crippen molar-refractivity contribution in [1.29, 1.82) is 0 Å². The number of amides is 2. The highest BCUT2D eigenvalue weighted by atomic mass is 32.1. The predicted octanol–water partition coefficient (Wildman–Crippen LogP) is 4.36.